The van der Waals surface area contributed by atoms with Gasteiger partial charge in [-0.25, -0.2) is 4.79 Å². The lowest BCUT2D eigenvalue weighted by Gasteiger charge is -2.11. The number of hydrogen-bond donors (Lipinski definition) is 2. The molecule has 25 heavy (non-hydrogen) atoms. The van der Waals surface area contributed by atoms with Crippen molar-refractivity contribution in [1.29, 1.82) is 0 Å². The van der Waals surface area contributed by atoms with Crippen LogP contribution in [0.5, 0.6) is 0 Å². The topological polar surface area (TPSA) is 92.4 Å². The lowest BCUT2D eigenvalue weighted by molar-refractivity contribution is -0.147. The highest BCUT2D eigenvalue weighted by Crippen LogP contribution is 2.26. The minimum Gasteiger partial charge on any atom is -0.481 e. The van der Waals surface area contributed by atoms with E-state index in [9.17, 15) is 14.7 Å². The van der Waals surface area contributed by atoms with Gasteiger partial charge < -0.3 is 14.8 Å². The number of benzene rings is 1. The van der Waals surface area contributed by atoms with Gasteiger partial charge in [-0.05, 0) is 40.5 Å². The van der Waals surface area contributed by atoms with Crippen molar-refractivity contribution < 1.29 is 19.8 Å². The van der Waals surface area contributed by atoms with E-state index in [2.05, 4.69) is 4.98 Å². The van der Waals surface area contributed by atoms with Crippen LogP contribution in [0.4, 0.5) is 0 Å². The zero-order valence-corrected chi connectivity index (χ0v) is 13.2. The molecule has 6 heteroatoms. The molecule has 126 valence electrons. The van der Waals surface area contributed by atoms with Gasteiger partial charge in [0.05, 0.1) is 6.42 Å². The number of carboxylic acid groups (broad SMARTS) is 2. The molecule has 1 aromatic carbocycles. The highest BCUT2D eigenvalue weighted by molar-refractivity contribution is 5.79. The molecule has 0 spiro atoms. The van der Waals surface area contributed by atoms with Crippen LogP contribution in [-0.4, -0.2) is 31.7 Å². The van der Waals surface area contributed by atoms with Crippen LogP contribution in [0.1, 0.15) is 12.5 Å². The summed E-state index contributed by atoms with van der Waals surface area (Å²) in [6, 6.07) is 12.4. The normalized spacial score (nSPS) is 11.8. The van der Waals surface area contributed by atoms with Crippen LogP contribution in [0.2, 0.25) is 0 Å². The van der Waals surface area contributed by atoms with Gasteiger partial charge in [-0.15, -0.1) is 0 Å². The van der Waals surface area contributed by atoms with Crippen LogP contribution in [0.3, 0.4) is 0 Å². The van der Waals surface area contributed by atoms with E-state index in [4.69, 9.17) is 5.11 Å². The van der Waals surface area contributed by atoms with Gasteiger partial charge in [0.2, 0.25) is 0 Å². The molecule has 1 atom stereocenters. The largest absolute Gasteiger partial charge is 0.481 e. The van der Waals surface area contributed by atoms with Crippen LogP contribution < -0.4 is 0 Å². The van der Waals surface area contributed by atoms with Crippen LogP contribution in [0.15, 0.2) is 67.3 Å². The van der Waals surface area contributed by atoms with Crippen molar-refractivity contribution >= 4 is 11.9 Å². The fraction of sp³-hybridized carbons (Fsp3) is 0.105. The summed E-state index contributed by atoms with van der Waals surface area (Å²) in [5, 5.41) is 18.1. The lowest BCUT2D eigenvalue weighted by atomic mass is 10.0. The average molecular weight is 336 g/mol. The standard InChI is InChI=1S/C19H16N2O4/c22-18(23)11-17(19(24)25)21-10-7-16(12-21)14-3-1-13(2-4-14)15-5-8-20-9-6-15/h1-10,12,17H,11H2,(H,22,23)(H,24,25)/t17-/m1/s1. The summed E-state index contributed by atoms with van der Waals surface area (Å²) in [5.74, 6) is -2.32. The molecule has 0 saturated carbocycles. The van der Waals surface area contributed by atoms with Crippen LogP contribution >= 0.6 is 0 Å². The first kappa shape index (κ1) is 16.4. The molecule has 0 fully saturated rings. The molecule has 3 rings (SSSR count). The van der Waals surface area contributed by atoms with Gasteiger partial charge in [0.25, 0.3) is 0 Å². The van der Waals surface area contributed by atoms with E-state index in [1.807, 2.05) is 36.4 Å². The minimum atomic E-state index is -1.17. The molecule has 0 bridgehead atoms. The van der Waals surface area contributed by atoms with Crippen molar-refractivity contribution in [3.63, 3.8) is 0 Å². The minimum absolute atomic E-state index is 0.468. The van der Waals surface area contributed by atoms with E-state index < -0.39 is 24.4 Å². The third-order valence-corrected chi connectivity index (χ3v) is 3.96. The lowest BCUT2D eigenvalue weighted by Crippen LogP contribution is -2.21. The van der Waals surface area contributed by atoms with Crippen molar-refractivity contribution in [2.45, 2.75) is 12.5 Å². The SMILES string of the molecule is O=C(O)C[C@H](C(=O)O)n1ccc(-c2ccc(-c3ccncc3)cc2)c1. The Bertz CT molecular complexity index is 885. The Kier molecular flexibility index (Phi) is 4.61. The molecule has 0 aliphatic heterocycles. The van der Waals surface area contributed by atoms with Crippen molar-refractivity contribution in [2.75, 3.05) is 0 Å². The summed E-state index contributed by atoms with van der Waals surface area (Å²) in [6.45, 7) is 0. The van der Waals surface area contributed by atoms with E-state index in [0.29, 0.717) is 0 Å². The van der Waals surface area contributed by atoms with E-state index in [1.54, 1.807) is 30.9 Å². The van der Waals surface area contributed by atoms with Gasteiger partial charge in [-0.2, -0.15) is 0 Å². The van der Waals surface area contributed by atoms with Crippen LogP contribution in [-0.2, 0) is 9.59 Å². The number of hydrogen-bond acceptors (Lipinski definition) is 3. The Labute approximate surface area is 144 Å². The summed E-state index contributed by atoms with van der Waals surface area (Å²) in [7, 11) is 0. The third kappa shape index (κ3) is 3.74. The molecule has 0 saturated heterocycles. The van der Waals surface area contributed by atoms with Crippen LogP contribution in [0, 0.1) is 0 Å². The fourth-order valence-corrected chi connectivity index (χ4v) is 2.66. The van der Waals surface area contributed by atoms with Crippen molar-refractivity contribution in [1.82, 2.24) is 9.55 Å². The molecule has 2 aromatic heterocycles. The number of nitrogens with zero attached hydrogens (tertiary/aromatic N) is 2. The predicted molar refractivity (Wildman–Crippen MR) is 92.0 cm³/mol. The first-order valence-corrected chi connectivity index (χ1v) is 7.67. The highest BCUT2D eigenvalue weighted by Gasteiger charge is 2.22. The Hall–Kier alpha value is -3.41. The van der Waals surface area contributed by atoms with E-state index in [0.717, 1.165) is 22.3 Å². The molecule has 0 aliphatic carbocycles. The van der Waals surface area contributed by atoms with Crippen molar-refractivity contribution in [3.8, 4) is 22.3 Å². The Morgan fingerprint density at radius 2 is 1.44 bits per heavy atom. The second-order valence-corrected chi connectivity index (χ2v) is 5.61. The monoisotopic (exact) mass is 336 g/mol. The predicted octanol–water partition coefficient (Wildman–Crippen LogP) is 3.32. The zero-order valence-electron chi connectivity index (χ0n) is 13.2. The third-order valence-electron chi connectivity index (χ3n) is 3.96. The van der Waals surface area contributed by atoms with Gasteiger partial charge in [0.15, 0.2) is 0 Å². The average Bonchev–Trinajstić information content (AvgIpc) is 3.10. The summed E-state index contributed by atoms with van der Waals surface area (Å²) in [6.07, 6.45) is 6.25. The first-order valence-electron chi connectivity index (χ1n) is 7.67. The van der Waals surface area contributed by atoms with Gasteiger partial charge >= 0.3 is 11.9 Å². The Morgan fingerprint density at radius 1 is 0.880 bits per heavy atom. The molecule has 0 radical (unpaired) electrons. The summed E-state index contributed by atoms with van der Waals surface area (Å²) in [4.78, 5) is 26.1. The summed E-state index contributed by atoms with van der Waals surface area (Å²) in [5.41, 5.74) is 3.88. The van der Waals surface area contributed by atoms with E-state index in [-0.39, 0.29) is 0 Å². The quantitative estimate of drug-likeness (QED) is 0.720. The maximum Gasteiger partial charge on any atom is 0.327 e. The smallest absolute Gasteiger partial charge is 0.327 e. The van der Waals surface area contributed by atoms with Gasteiger partial charge in [-0.3, -0.25) is 9.78 Å². The number of carboxylic acids is 2. The molecule has 0 amide bonds. The second kappa shape index (κ2) is 7.00. The molecular formula is C19H16N2O4. The molecule has 0 aliphatic rings. The molecule has 0 unspecified atom stereocenters. The van der Waals surface area contributed by atoms with Crippen LogP contribution in [0.25, 0.3) is 22.3 Å². The molecule has 2 heterocycles. The van der Waals surface area contributed by atoms with Gasteiger partial charge in [0.1, 0.15) is 6.04 Å². The van der Waals surface area contributed by atoms with E-state index in [1.165, 1.54) is 4.57 Å². The molecule has 2 N–H and O–H groups in total. The number of carbonyl (C=O) groups is 2. The first-order chi connectivity index (χ1) is 12.0. The molecule has 6 nitrogen and oxygen atoms in total. The maximum atomic E-state index is 11.3. The highest BCUT2D eigenvalue weighted by atomic mass is 16.4. The molecule has 3 aromatic rings. The summed E-state index contributed by atoms with van der Waals surface area (Å²) >= 11 is 0. The fourth-order valence-electron chi connectivity index (χ4n) is 2.66. The number of pyridine rings is 1. The number of rotatable bonds is 6. The van der Waals surface area contributed by atoms with Gasteiger partial charge in [0, 0.05) is 24.8 Å². The zero-order chi connectivity index (χ0) is 17.8. The maximum absolute atomic E-state index is 11.3. The van der Waals surface area contributed by atoms with Gasteiger partial charge in [-0.1, -0.05) is 24.3 Å². The van der Waals surface area contributed by atoms with E-state index >= 15 is 0 Å². The van der Waals surface area contributed by atoms with Crippen molar-refractivity contribution in [2.24, 2.45) is 0 Å². The Balaban J connectivity index is 1.84. The Morgan fingerprint density at radius 3 is 2.00 bits per heavy atom. The number of aromatic nitrogens is 2. The summed E-state index contributed by atoms with van der Waals surface area (Å²) < 4.78 is 1.42. The second-order valence-electron chi connectivity index (χ2n) is 5.61. The van der Waals surface area contributed by atoms with Crippen molar-refractivity contribution in [3.05, 3.63) is 67.3 Å². The molecular weight excluding hydrogens is 320 g/mol. The number of aliphatic carboxylic acids is 2.